The molecule has 0 aliphatic rings. The van der Waals surface area contributed by atoms with E-state index in [1.807, 2.05) is 6.08 Å². The number of hydrogen-bond donors (Lipinski definition) is 2. The van der Waals surface area contributed by atoms with Crippen LogP contribution < -0.4 is 0 Å². The first-order valence-corrected chi connectivity index (χ1v) is 18.6. The fourth-order valence-corrected chi connectivity index (χ4v) is 4.65. The monoisotopic (exact) mass is 652 g/mol. The maximum atomic E-state index is 12.3. The van der Waals surface area contributed by atoms with Crippen molar-refractivity contribution >= 4 is 19.8 Å². The maximum Gasteiger partial charge on any atom is 0.469 e. The third-order valence-electron chi connectivity index (χ3n) is 6.80. The Labute approximate surface area is 273 Å². The van der Waals surface area contributed by atoms with Crippen molar-refractivity contribution in [2.75, 3.05) is 13.2 Å². The summed E-state index contributed by atoms with van der Waals surface area (Å²) >= 11 is 0. The molecular formula is C36H61O8P. The number of hydrogen-bond acceptors (Lipinski definition) is 6. The minimum Gasteiger partial charge on any atom is -0.462 e. The first-order valence-electron chi connectivity index (χ1n) is 17.1. The summed E-state index contributed by atoms with van der Waals surface area (Å²) in [5, 5.41) is 0. The van der Waals surface area contributed by atoms with Crippen LogP contribution in [0.5, 0.6) is 0 Å². The van der Waals surface area contributed by atoms with Gasteiger partial charge in [0, 0.05) is 12.8 Å². The van der Waals surface area contributed by atoms with Crippen molar-refractivity contribution in [1.29, 1.82) is 0 Å². The van der Waals surface area contributed by atoms with Crippen molar-refractivity contribution in [3.63, 3.8) is 0 Å². The van der Waals surface area contributed by atoms with E-state index in [0.717, 1.165) is 57.8 Å². The molecule has 0 spiro atoms. The van der Waals surface area contributed by atoms with E-state index in [-0.39, 0.29) is 19.4 Å². The van der Waals surface area contributed by atoms with E-state index in [1.54, 1.807) is 0 Å². The van der Waals surface area contributed by atoms with Gasteiger partial charge in [0.2, 0.25) is 0 Å². The Balaban J connectivity index is 4.12. The van der Waals surface area contributed by atoms with Gasteiger partial charge in [-0.05, 0) is 51.4 Å². The summed E-state index contributed by atoms with van der Waals surface area (Å²) in [7, 11) is -4.76. The Kier molecular flexibility index (Phi) is 30.1. The lowest BCUT2D eigenvalue weighted by molar-refractivity contribution is -0.161. The Bertz CT molecular complexity index is 916. The van der Waals surface area contributed by atoms with Gasteiger partial charge in [0.05, 0.1) is 6.61 Å². The standard InChI is InChI=1S/C36H61O8P/c1-3-5-7-9-11-13-15-16-17-18-19-20-21-23-24-26-28-30-35(37)42-32-34(33-43-45(39,40)41)44-36(38)31-29-27-25-22-14-12-10-8-6-4-2/h5,7,11,13,16-17,19-20,23-24,34H,3-4,6,8-10,12,14-15,18,21-22,25-33H2,1-2H3,(H2,39,40,41)/b7-5+,13-11+,17-16+,20-19+,24-23+/t34-/m1/s1. The van der Waals surface area contributed by atoms with E-state index in [1.165, 1.54) is 38.5 Å². The molecule has 0 saturated carbocycles. The fourth-order valence-electron chi connectivity index (χ4n) is 4.29. The van der Waals surface area contributed by atoms with Crippen LogP contribution in [-0.2, 0) is 28.2 Å². The van der Waals surface area contributed by atoms with E-state index >= 15 is 0 Å². The van der Waals surface area contributed by atoms with Gasteiger partial charge in [0.25, 0.3) is 0 Å². The molecule has 258 valence electrons. The minimum absolute atomic E-state index is 0.187. The quantitative estimate of drug-likeness (QED) is 0.0341. The molecule has 0 aromatic carbocycles. The first kappa shape index (κ1) is 42.8. The smallest absolute Gasteiger partial charge is 0.462 e. The number of rotatable bonds is 30. The van der Waals surface area contributed by atoms with Crippen molar-refractivity contribution in [3.8, 4) is 0 Å². The molecular weight excluding hydrogens is 591 g/mol. The molecule has 0 saturated heterocycles. The van der Waals surface area contributed by atoms with E-state index in [0.29, 0.717) is 12.8 Å². The van der Waals surface area contributed by atoms with Gasteiger partial charge in [-0.25, -0.2) is 4.57 Å². The van der Waals surface area contributed by atoms with Crippen LogP contribution in [0.4, 0.5) is 0 Å². The highest BCUT2D eigenvalue weighted by atomic mass is 31.2. The number of phosphoric acid groups is 1. The Morgan fingerprint density at radius 1 is 0.600 bits per heavy atom. The molecule has 0 rings (SSSR count). The van der Waals surface area contributed by atoms with Crippen molar-refractivity contribution in [1.82, 2.24) is 0 Å². The molecule has 0 aromatic heterocycles. The zero-order chi connectivity index (χ0) is 33.3. The van der Waals surface area contributed by atoms with Crippen LogP contribution in [0.1, 0.15) is 136 Å². The second-order valence-corrected chi connectivity index (χ2v) is 12.4. The Morgan fingerprint density at radius 3 is 1.58 bits per heavy atom. The SMILES string of the molecule is CC/C=C/C/C=C/C/C=C/C/C=C/C/C=C/CCCC(=O)OC[C@H](COP(=O)(O)O)OC(=O)CCCCCCCCCCCC. The third-order valence-corrected chi connectivity index (χ3v) is 7.29. The van der Waals surface area contributed by atoms with Gasteiger partial charge in [0.15, 0.2) is 6.10 Å². The summed E-state index contributed by atoms with van der Waals surface area (Å²) in [6.45, 7) is 3.47. The summed E-state index contributed by atoms with van der Waals surface area (Å²) < 4.78 is 26.1. The number of esters is 2. The highest BCUT2D eigenvalue weighted by Gasteiger charge is 2.22. The lowest BCUT2D eigenvalue weighted by Crippen LogP contribution is -2.29. The molecule has 45 heavy (non-hydrogen) atoms. The summed E-state index contributed by atoms with van der Waals surface area (Å²) in [5.74, 6) is -0.961. The van der Waals surface area contributed by atoms with Crippen LogP contribution in [0.15, 0.2) is 60.8 Å². The van der Waals surface area contributed by atoms with E-state index in [4.69, 9.17) is 19.3 Å². The molecule has 0 amide bonds. The molecule has 1 atom stereocenters. The average Bonchev–Trinajstić information content (AvgIpc) is 3.00. The predicted molar refractivity (Wildman–Crippen MR) is 184 cm³/mol. The number of ether oxygens (including phenoxy) is 2. The number of carbonyl (C=O) groups excluding carboxylic acids is 2. The molecule has 2 N–H and O–H groups in total. The van der Waals surface area contributed by atoms with Gasteiger partial charge in [0.1, 0.15) is 6.61 Å². The largest absolute Gasteiger partial charge is 0.469 e. The van der Waals surface area contributed by atoms with Crippen LogP contribution in [0.25, 0.3) is 0 Å². The van der Waals surface area contributed by atoms with Crippen LogP contribution in [0.3, 0.4) is 0 Å². The van der Waals surface area contributed by atoms with Crippen LogP contribution in [0, 0.1) is 0 Å². The van der Waals surface area contributed by atoms with Gasteiger partial charge < -0.3 is 19.3 Å². The normalized spacial score (nSPS) is 13.2. The molecule has 0 aliphatic carbocycles. The van der Waals surface area contributed by atoms with Gasteiger partial charge in [-0.2, -0.15) is 0 Å². The molecule has 9 heteroatoms. The highest BCUT2D eigenvalue weighted by Crippen LogP contribution is 2.35. The molecule has 0 aromatic rings. The topological polar surface area (TPSA) is 119 Å². The third kappa shape index (κ3) is 34.5. The van der Waals surface area contributed by atoms with Crippen molar-refractivity contribution in [3.05, 3.63) is 60.8 Å². The summed E-state index contributed by atoms with van der Waals surface area (Å²) in [5.41, 5.74) is 0. The number of allylic oxidation sites excluding steroid dienone is 10. The predicted octanol–water partition coefficient (Wildman–Crippen LogP) is 9.78. The zero-order valence-electron chi connectivity index (χ0n) is 28.0. The van der Waals surface area contributed by atoms with Crippen molar-refractivity contribution < 1.29 is 37.9 Å². The van der Waals surface area contributed by atoms with Crippen molar-refractivity contribution in [2.24, 2.45) is 0 Å². The van der Waals surface area contributed by atoms with Crippen LogP contribution >= 0.6 is 7.82 Å². The molecule has 0 bridgehead atoms. The molecule has 0 aliphatic heterocycles. The van der Waals surface area contributed by atoms with Gasteiger partial charge in [-0.1, -0.05) is 132 Å². The molecule has 0 fully saturated rings. The zero-order valence-corrected chi connectivity index (χ0v) is 28.9. The number of unbranched alkanes of at least 4 members (excludes halogenated alkanes) is 10. The maximum absolute atomic E-state index is 12.3. The van der Waals surface area contributed by atoms with Crippen molar-refractivity contribution in [2.45, 2.75) is 142 Å². The molecule has 8 nitrogen and oxygen atoms in total. The van der Waals surface area contributed by atoms with Gasteiger partial charge >= 0.3 is 19.8 Å². The minimum atomic E-state index is -4.76. The average molecular weight is 653 g/mol. The van der Waals surface area contributed by atoms with E-state index < -0.39 is 32.5 Å². The highest BCUT2D eigenvalue weighted by molar-refractivity contribution is 7.46. The molecule has 0 heterocycles. The summed E-state index contributed by atoms with van der Waals surface area (Å²) in [6.07, 6.45) is 38.1. The number of carbonyl (C=O) groups is 2. The van der Waals surface area contributed by atoms with Crippen LogP contribution in [0.2, 0.25) is 0 Å². The Hall–Kier alpha value is -2.25. The van der Waals surface area contributed by atoms with E-state index in [2.05, 4.69) is 73.1 Å². The van der Waals surface area contributed by atoms with E-state index in [9.17, 15) is 14.2 Å². The van der Waals surface area contributed by atoms with Gasteiger partial charge in [-0.15, -0.1) is 0 Å². The Morgan fingerprint density at radius 2 is 1.07 bits per heavy atom. The van der Waals surface area contributed by atoms with Crippen LogP contribution in [-0.4, -0.2) is 41.0 Å². The van der Waals surface area contributed by atoms with Gasteiger partial charge in [-0.3, -0.25) is 14.1 Å². The summed E-state index contributed by atoms with van der Waals surface area (Å²) in [4.78, 5) is 42.5. The molecule has 0 radical (unpaired) electrons. The fraction of sp³-hybridized carbons (Fsp3) is 0.667. The second kappa shape index (κ2) is 31.7. The number of phosphoric ester groups is 1. The lowest BCUT2D eigenvalue weighted by atomic mass is 10.1. The second-order valence-electron chi connectivity index (χ2n) is 11.1. The molecule has 0 unspecified atom stereocenters. The first-order chi connectivity index (χ1) is 21.8. The summed E-state index contributed by atoms with van der Waals surface area (Å²) in [6, 6.07) is 0. The lowest BCUT2D eigenvalue weighted by Gasteiger charge is -2.18.